The van der Waals surface area contributed by atoms with Crippen molar-refractivity contribution in [2.45, 2.75) is 34.1 Å². The van der Waals surface area contributed by atoms with Gasteiger partial charge >= 0.3 is 5.97 Å². The van der Waals surface area contributed by atoms with Crippen LogP contribution in [0.5, 0.6) is 0 Å². The molecule has 0 fully saturated rings. The van der Waals surface area contributed by atoms with Crippen LogP contribution in [-0.4, -0.2) is 23.5 Å². The first-order valence-corrected chi connectivity index (χ1v) is 6.07. The van der Waals surface area contributed by atoms with Crippen molar-refractivity contribution in [2.75, 3.05) is 6.61 Å². The van der Waals surface area contributed by atoms with Gasteiger partial charge in [0, 0.05) is 0 Å². The molecule has 0 spiro atoms. The second kappa shape index (κ2) is 5.84. The largest absolute Gasteiger partial charge is 0.466 e. The van der Waals surface area contributed by atoms with Gasteiger partial charge in [-0.25, -0.2) is 0 Å². The summed E-state index contributed by atoms with van der Waals surface area (Å²) in [5.41, 5.74) is 1.56. The van der Waals surface area contributed by atoms with Gasteiger partial charge in [0.05, 0.1) is 18.2 Å². The molecule has 0 heterocycles. The van der Waals surface area contributed by atoms with Gasteiger partial charge in [-0.1, -0.05) is 24.6 Å². The number of hydrogen-bond acceptors (Lipinski definition) is 4. The van der Waals surface area contributed by atoms with E-state index >= 15 is 0 Å². The summed E-state index contributed by atoms with van der Waals surface area (Å²) in [6, 6.07) is 0. The van der Waals surface area contributed by atoms with E-state index in [1.165, 1.54) is 0 Å². The van der Waals surface area contributed by atoms with Gasteiger partial charge in [0.2, 0.25) is 0 Å². The van der Waals surface area contributed by atoms with Crippen molar-refractivity contribution in [3.63, 3.8) is 0 Å². The Morgan fingerprint density at radius 3 is 2.76 bits per heavy atom. The van der Waals surface area contributed by atoms with E-state index in [0.717, 1.165) is 5.57 Å². The molecule has 0 radical (unpaired) electrons. The zero-order valence-corrected chi connectivity index (χ0v) is 10.9. The summed E-state index contributed by atoms with van der Waals surface area (Å²) in [4.78, 5) is 12.0. The molecule has 1 aliphatic carbocycles. The molecule has 0 aromatic heterocycles. The predicted octanol–water partition coefficient (Wildman–Crippen LogP) is 2.62. The van der Waals surface area contributed by atoms with Gasteiger partial charge < -0.3 is 9.94 Å². The van der Waals surface area contributed by atoms with Gasteiger partial charge in [0.15, 0.2) is 0 Å². The van der Waals surface area contributed by atoms with Crippen LogP contribution in [0.15, 0.2) is 16.8 Å². The van der Waals surface area contributed by atoms with E-state index in [9.17, 15) is 4.79 Å². The topological polar surface area (TPSA) is 58.9 Å². The fourth-order valence-electron chi connectivity index (χ4n) is 2.39. The molecular formula is C13H21NO3. The molecule has 2 atom stereocenters. The second-order valence-electron chi connectivity index (χ2n) is 4.82. The smallest absolute Gasteiger partial charge is 0.313 e. The van der Waals surface area contributed by atoms with Crippen molar-refractivity contribution in [1.82, 2.24) is 0 Å². The van der Waals surface area contributed by atoms with Gasteiger partial charge in [-0.3, -0.25) is 4.79 Å². The van der Waals surface area contributed by atoms with Crippen molar-refractivity contribution in [1.29, 1.82) is 0 Å². The van der Waals surface area contributed by atoms with E-state index in [4.69, 9.17) is 9.94 Å². The van der Waals surface area contributed by atoms with Crippen molar-refractivity contribution in [2.24, 2.45) is 22.9 Å². The molecule has 96 valence electrons. The number of carbonyl (C=O) groups is 1. The Labute approximate surface area is 102 Å². The third-order valence-corrected chi connectivity index (χ3v) is 3.28. The van der Waals surface area contributed by atoms with E-state index < -0.39 is 0 Å². The maximum Gasteiger partial charge on any atom is 0.313 e. The number of hydrogen-bond donors (Lipinski definition) is 1. The lowest BCUT2D eigenvalue weighted by molar-refractivity contribution is -0.149. The summed E-state index contributed by atoms with van der Waals surface area (Å²) in [6.45, 7) is 8.25. The van der Waals surface area contributed by atoms with E-state index in [1.54, 1.807) is 6.08 Å². The fraction of sp³-hybridized carbons (Fsp3) is 0.692. The Morgan fingerprint density at radius 2 is 2.29 bits per heavy atom. The second-order valence-corrected chi connectivity index (χ2v) is 4.82. The lowest BCUT2D eigenvalue weighted by atomic mass is 9.73. The third-order valence-electron chi connectivity index (χ3n) is 3.28. The van der Waals surface area contributed by atoms with Gasteiger partial charge in [0.1, 0.15) is 0 Å². The minimum Gasteiger partial charge on any atom is -0.466 e. The number of nitrogens with zero attached hydrogens (tertiary/aromatic N) is 1. The molecule has 1 aliphatic rings. The first kappa shape index (κ1) is 13.7. The van der Waals surface area contributed by atoms with Crippen LogP contribution in [0.25, 0.3) is 0 Å². The molecule has 0 aromatic rings. The lowest BCUT2D eigenvalue weighted by Crippen LogP contribution is -2.34. The minimum atomic E-state index is -0.208. The molecule has 0 aliphatic heterocycles. The molecule has 4 heteroatoms. The van der Waals surface area contributed by atoms with Crippen LogP contribution in [-0.2, 0) is 9.53 Å². The average Bonchev–Trinajstić information content (AvgIpc) is 2.27. The van der Waals surface area contributed by atoms with Gasteiger partial charge in [-0.2, -0.15) is 0 Å². The quantitative estimate of drug-likeness (QED) is 0.468. The number of ether oxygens (including phenoxy) is 1. The van der Waals surface area contributed by atoms with Crippen LogP contribution < -0.4 is 0 Å². The summed E-state index contributed by atoms with van der Waals surface area (Å²) in [5.74, 6) is 0.104. The van der Waals surface area contributed by atoms with E-state index in [2.05, 4.69) is 19.0 Å². The van der Waals surface area contributed by atoms with Crippen LogP contribution in [0.4, 0.5) is 0 Å². The van der Waals surface area contributed by atoms with E-state index in [0.29, 0.717) is 24.7 Å². The van der Waals surface area contributed by atoms with Crippen LogP contribution in [0.1, 0.15) is 34.1 Å². The van der Waals surface area contributed by atoms with Gasteiger partial charge in [-0.05, 0) is 38.2 Å². The molecule has 4 nitrogen and oxygen atoms in total. The zero-order valence-electron chi connectivity index (χ0n) is 10.9. The maximum absolute atomic E-state index is 12.0. The first-order chi connectivity index (χ1) is 8.01. The number of rotatable bonds is 3. The average molecular weight is 239 g/mol. The third kappa shape index (κ3) is 3.08. The van der Waals surface area contributed by atoms with Crippen molar-refractivity contribution >= 4 is 11.7 Å². The highest BCUT2D eigenvalue weighted by Gasteiger charge is 2.36. The number of esters is 1. The number of allylic oxidation sites excluding steroid dienone is 1. The normalized spacial score (nSPS) is 27.1. The SMILES string of the molecule is CCOC(=O)C1C(C)=CC(=NO)CC1C(C)C. The molecular weight excluding hydrogens is 218 g/mol. The monoisotopic (exact) mass is 239 g/mol. The highest BCUT2D eigenvalue weighted by molar-refractivity contribution is 5.98. The molecule has 2 unspecified atom stereocenters. The molecule has 0 bridgehead atoms. The fourth-order valence-corrected chi connectivity index (χ4v) is 2.39. The predicted molar refractivity (Wildman–Crippen MR) is 66.0 cm³/mol. The van der Waals surface area contributed by atoms with Crippen molar-refractivity contribution < 1.29 is 14.7 Å². The van der Waals surface area contributed by atoms with Crippen LogP contribution in [0, 0.1) is 17.8 Å². The van der Waals surface area contributed by atoms with Crippen LogP contribution >= 0.6 is 0 Å². The number of carbonyl (C=O) groups excluding carboxylic acids is 1. The summed E-state index contributed by atoms with van der Waals surface area (Å²) < 4.78 is 5.12. The molecule has 1 rings (SSSR count). The van der Waals surface area contributed by atoms with E-state index in [1.807, 2.05) is 13.8 Å². The summed E-state index contributed by atoms with van der Waals surface area (Å²) >= 11 is 0. The highest BCUT2D eigenvalue weighted by Crippen LogP contribution is 2.35. The Balaban J connectivity index is 3.01. The van der Waals surface area contributed by atoms with E-state index in [-0.39, 0.29) is 17.8 Å². The zero-order chi connectivity index (χ0) is 13.0. The standard InChI is InChI=1S/C13H21NO3/c1-5-17-13(15)12-9(4)6-10(14-16)7-11(12)8(2)3/h6,8,11-12,16H,5,7H2,1-4H3. The Bertz CT molecular complexity index is 345. The van der Waals surface area contributed by atoms with Crippen LogP contribution in [0.2, 0.25) is 0 Å². The summed E-state index contributed by atoms with van der Waals surface area (Å²) in [6.07, 6.45) is 2.40. The molecule has 0 amide bonds. The molecule has 0 saturated heterocycles. The molecule has 0 saturated carbocycles. The summed E-state index contributed by atoms with van der Waals surface area (Å²) in [5, 5.41) is 12.1. The highest BCUT2D eigenvalue weighted by atomic mass is 16.5. The Hall–Kier alpha value is -1.32. The van der Waals surface area contributed by atoms with Crippen molar-refractivity contribution in [3.05, 3.63) is 11.6 Å². The maximum atomic E-state index is 12.0. The van der Waals surface area contributed by atoms with Gasteiger partial charge in [0.25, 0.3) is 0 Å². The van der Waals surface area contributed by atoms with Crippen LogP contribution in [0.3, 0.4) is 0 Å². The Kier molecular flexibility index (Phi) is 4.73. The Morgan fingerprint density at radius 1 is 1.65 bits per heavy atom. The molecule has 1 N–H and O–H groups in total. The van der Waals surface area contributed by atoms with Gasteiger partial charge in [-0.15, -0.1) is 0 Å². The lowest BCUT2D eigenvalue weighted by Gasteiger charge is -2.32. The van der Waals surface area contributed by atoms with Crippen molar-refractivity contribution in [3.8, 4) is 0 Å². The number of oxime groups is 1. The minimum absolute atomic E-state index is 0.143. The molecule has 0 aromatic carbocycles. The summed E-state index contributed by atoms with van der Waals surface area (Å²) in [7, 11) is 0. The first-order valence-electron chi connectivity index (χ1n) is 6.07. The molecule has 17 heavy (non-hydrogen) atoms.